The quantitative estimate of drug-likeness (QED) is 0.245. The molecule has 1 unspecified atom stereocenters. The molecule has 0 radical (unpaired) electrons. The second-order valence-corrected chi connectivity index (χ2v) is 10.6. The smallest absolute Gasteiger partial charge is 0.254 e. The number of hydrogen-bond acceptors (Lipinski definition) is 6. The third kappa shape index (κ3) is 4.30. The summed E-state index contributed by atoms with van der Waals surface area (Å²) in [6.07, 6.45) is 8.12. The van der Waals surface area contributed by atoms with Crippen molar-refractivity contribution in [3.05, 3.63) is 41.5 Å². The van der Waals surface area contributed by atoms with Gasteiger partial charge >= 0.3 is 0 Å². The van der Waals surface area contributed by atoms with Crippen LogP contribution in [0.25, 0.3) is 5.69 Å². The van der Waals surface area contributed by atoms with Gasteiger partial charge in [-0.2, -0.15) is 5.10 Å². The van der Waals surface area contributed by atoms with Crippen molar-refractivity contribution in [2.24, 2.45) is 5.10 Å². The lowest BCUT2D eigenvalue weighted by molar-refractivity contribution is 0.0895. The first-order valence-corrected chi connectivity index (χ1v) is 12.1. The fourth-order valence-corrected chi connectivity index (χ4v) is 5.42. The van der Waals surface area contributed by atoms with E-state index in [1.54, 1.807) is 18.8 Å². The number of amides is 1. The largest absolute Gasteiger partial charge is 0.398 e. The molecule has 2 fully saturated rings. The summed E-state index contributed by atoms with van der Waals surface area (Å²) in [6.45, 7) is 8.32. The number of carbonyl (C=O) groups is 1. The Morgan fingerprint density at radius 1 is 1.44 bits per heavy atom. The number of nitrogens with two attached hydrogens (primary N) is 1. The lowest BCUT2D eigenvalue weighted by Gasteiger charge is -2.52. The molecule has 1 aromatic carbocycles. The molecule has 1 aliphatic heterocycles. The molecule has 1 amide bonds. The SMILES string of the molecule is CN/N=C\N(C(C)C)[C@@H]1CSC1(C)NC(=O)c1cc(-n2cnc(C3CC3)c2)c(C)cc1N. The maximum absolute atomic E-state index is 13.4. The van der Waals surface area contributed by atoms with E-state index in [0.29, 0.717) is 17.2 Å². The molecule has 4 rings (SSSR count). The number of carbonyl (C=O) groups excluding carboxylic acids is 1. The lowest BCUT2D eigenvalue weighted by Crippen LogP contribution is -2.67. The monoisotopic (exact) mass is 455 g/mol. The van der Waals surface area contributed by atoms with Crippen molar-refractivity contribution in [1.82, 2.24) is 25.2 Å². The highest BCUT2D eigenvalue weighted by molar-refractivity contribution is 8.02. The first kappa shape index (κ1) is 22.5. The molecular weight excluding hydrogens is 422 g/mol. The first-order chi connectivity index (χ1) is 15.2. The number of rotatable bonds is 8. The third-order valence-corrected chi connectivity index (χ3v) is 7.76. The number of nitrogens with zero attached hydrogens (tertiary/aromatic N) is 4. The molecule has 8 nitrogen and oxygen atoms in total. The highest BCUT2D eigenvalue weighted by Gasteiger charge is 2.48. The van der Waals surface area contributed by atoms with Crippen LogP contribution in [0.1, 0.15) is 61.1 Å². The number of hydrazone groups is 1. The number of thioether (sulfide) groups is 1. The highest BCUT2D eigenvalue weighted by atomic mass is 32.2. The van der Waals surface area contributed by atoms with Crippen LogP contribution in [0.2, 0.25) is 0 Å². The van der Waals surface area contributed by atoms with Gasteiger partial charge in [-0.25, -0.2) is 4.98 Å². The van der Waals surface area contributed by atoms with Crippen molar-refractivity contribution in [1.29, 1.82) is 0 Å². The van der Waals surface area contributed by atoms with E-state index in [0.717, 1.165) is 22.7 Å². The highest BCUT2D eigenvalue weighted by Crippen LogP contribution is 2.42. The standard InChI is InChI=1S/C23H33N7OS/c1-14(2)30(13-27-25-5)21-11-32-23(21,4)28-22(31)17-9-20(15(3)8-18(17)24)29-10-19(26-12-29)16-6-7-16/h8-10,12-14,16,21,25H,6-7,11,24H2,1-5H3,(H,28,31)/b27-13-/t21-,23?/m1/s1. The molecule has 172 valence electrons. The number of nitrogens with one attached hydrogen (secondary N) is 2. The lowest BCUT2D eigenvalue weighted by atomic mass is 10.0. The van der Waals surface area contributed by atoms with Crippen molar-refractivity contribution in [2.45, 2.75) is 63.4 Å². The van der Waals surface area contributed by atoms with Crippen LogP contribution in [0.3, 0.4) is 0 Å². The second-order valence-electron chi connectivity index (χ2n) is 9.10. The molecule has 2 heterocycles. The maximum atomic E-state index is 13.4. The van der Waals surface area contributed by atoms with Crippen LogP contribution >= 0.6 is 11.8 Å². The molecule has 32 heavy (non-hydrogen) atoms. The van der Waals surface area contributed by atoms with Crippen LogP contribution in [0.4, 0.5) is 5.69 Å². The van der Waals surface area contributed by atoms with Gasteiger partial charge in [0, 0.05) is 36.6 Å². The molecule has 1 aliphatic carbocycles. The average molecular weight is 456 g/mol. The number of imidazole rings is 1. The summed E-state index contributed by atoms with van der Waals surface area (Å²) in [5.41, 5.74) is 13.1. The Bertz CT molecular complexity index is 1030. The average Bonchev–Trinajstić information content (AvgIpc) is 3.47. The number of hydrogen-bond donors (Lipinski definition) is 3. The number of benzene rings is 1. The van der Waals surface area contributed by atoms with E-state index in [-0.39, 0.29) is 18.0 Å². The Morgan fingerprint density at radius 2 is 2.19 bits per heavy atom. The van der Waals surface area contributed by atoms with E-state index in [1.165, 1.54) is 12.8 Å². The molecule has 1 aromatic heterocycles. The number of aryl methyl sites for hydroxylation is 1. The summed E-state index contributed by atoms with van der Waals surface area (Å²) in [5, 5.41) is 7.43. The van der Waals surface area contributed by atoms with Crippen molar-refractivity contribution >= 4 is 29.7 Å². The molecule has 9 heteroatoms. The zero-order valence-electron chi connectivity index (χ0n) is 19.4. The van der Waals surface area contributed by atoms with E-state index in [2.05, 4.69) is 52.7 Å². The predicted molar refractivity (Wildman–Crippen MR) is 131 cm³/mol. The minimum atomic E-state index is -0.438. The van der Waals surface area contributed by atoms with Gasteiger partial charge in [-0.05, 0) is 58.2 Å². The van der Waals surface area contributed by atoms with E-state index in [9.17, 15) is 4.79 Å². The molecule has 0 bridgehead atoms. The Labute approximate surface area is 194 Å². The number of aromatic nitrogens is 2. The van der Waals surface area contributed by atoms with Gasteiger partial charge in [-0.15, -0.1) is 11.8 Å². The molecule has 1 saturated heterocycles. The van der Waals surface area contributed by atoms with Crippen LogP contribution in [-0.4, -0.2) is 56.5 Å². The van der Waals surface area contributed by atoms with Gasteiger partial charge in [0.1, 0.15) is 11.2 Å². The normalized spacial score (nSPS) is 22.8. The van der Waals surface area contributed by atoms with Crippen LogP contribution < -0.4 is 16.5 Å². The van der Waals surface area contributed by atoms with Crippen molar-refractivity contribution in [3.8, 4) is 5.69 Å². The summed E-state index contributed by atoms with van der Waals surface area (Å²) < 4.78 is 2.00. The Kier molecular flexibility index (Phi) is 6.11. The first-order valence-electron chi connectivity index (χ1n) is 11.1. The van der Waals surface area contributed by atoms with Crippen LogP contribution in [0.5, 0.6) is 0 Å². The Balaban J connectivity index is 1.56. The Hall–Kier alpha value is -2.68. The summed E-state index contributed by atoms with van der Waals surface area (Å²) in [7, 11) is 1.77. The molecule has 0 spiro atoms. The van der Waals surface area contributed by atoms with Crippen LogP contribution in [0, 0.1) is 6.92 Å². The Morgan fingerprint density at radius 3 is 2.78 bits per heavy atom. The van der Waals surface area contributed by atoms with Gasteiger partial charge in [0.25, 0.3) is 5.91 Å². The zero-order chi connectivity index (χ0) is 23.0. The van der Waals surface area contributed by atoms with Crippen LogP contribution in [-0.2, 0) is 0 Å². The third-order valence-electron chi connectivity index (χ3n) is 6.30. The molecule has 1 saturated carbocycles. The maximum Gasteiger partial charge on any atom is 0.254 e. The second kappa shape index (κ2) is 8.69. The minimum Gasteiger partial charge on any atom is -0.398 e. The fraction of sp³-hybridized carbons (Fsp3) is 0.522. The molecule has 2 aromatic rings. The molecule has 2 aliphatic rings. The van der Waals surface area contributed by atoms with Crippen molar-refractivity contribution < 1.29 is 4.79 Å². The van der Waals surface area contributed by atoms with Gasteiger partial charge in [0.05, 0.1) is 29.3 Å². The molecule has 2 atom stereocenters. The summed E-state index contributed by atoms with van der Waals surface area (Å²) >= 11 is 1.73. The van der Waals surface area contributed by atoms with Crippen LogP contribution in [0.15, 0.2) is 29.8 Å². The van der Waals surface area contributed by atoms with Gasteiger partial charge in [0.15, 0.2) is 0 Å². The van der Waals surface area contributed by atoms with Gasteiger partial charge in [-0.3, -0.25) is 4.79 Å². The summed E-state index contributed by atoms with van der Waals surface area (Å²) in [5.74, 6) is 1.33. The van der Waals surface area contributed by atoms with Crippen molar-refractivity contribution in [3.63, 3.8) is 0 Å². The van der Waals surface area contributed by atoms with E-state index >= 15 is 0 Å². The van der Waals surface area contributed by atoms with E-state index < -0.39 is 4.87 Å². The predicted octanol–water partition coefficient (Wildman–Crippen LogP) is 3.07. The fourth-order valence-electron chi connectivity index (χ4n) is 4.14. The van der Waals surface area contributed by atoms with E-state index in [1.807, 2.05) is 36.3 Å². The zero-order valence-corrected chi connectivity index (χ0v) is 20.2. The summed E-state index contributed by atoms with van der Waals surface area (Å²) in [6, 6.07) is 4.14. The van der Waals surface area contributed by atoms with Crippen molar-refractivity contribution in [2.75, 3.05) is 18.5 Å². The van der Waals surface area contributed by atoms with Gasteiger partial charge < -0.3 is 25.9 Å². The number of nitrogen functional groups attached to an aromatic ring is 1. The topological polar surface area (TPSA) is 101 Å². The number of anilines is 1. The van der Waals surface area contributed by atoms with Gasteiger partial charge in [0.2, 0.25) is 0 Å². The molecule has 4 N–H and O–H groups in total. The minimum absolute atomic E-state index is 0.134. The van der Waals surface area contributed by atoms with Gasteiger partial charge in [-0.1, -0.05) is 0 Å². The van der Waals surface area contributed by atoms with E-state index in [4.69, 9.17) is 5.73 Å². The molecular formula is C23H33N7OS. The summed E-state index contributed by atoms with van der Waals surface area (Å²) in [4.78, 5) is 19.6.